The summed E-state index contributed by atoms with van der Waals surface area (Å²) < 4.78 is 10.2. The number of amides is 1. The van der Waals surface area contributed by atoms with E-state index < -0.39 is 24.5 Å². The van der Waals surface area contributed by atoms with Crippen molar-refractivity contribution in [2.24, 2.45) is 0 Å². The van der Waals surface area contributed by atoms with Crippen LogP contribution >= 0.6 is 0 Å². The van der Waals surface area contributed by atoms with E-state index in [1.54, 1.807) is 18.2 Å². The maximum absolute atomic E-state index is 11.5. The zero-order valence-corrected chi connectivity index (χ0v) is 11.7. The first-order valence-electron chi connectivity index (χ1n) is 6.06. The van der Waals surface area contributed by atoms with Crippen LogP contribution in [0, 0.1) is 0 Å². The van der Waals surface area contributed by atoms with E-state index in [2.05, 4.69) is 5.32 Å². The molecular weight excluding hydrogens is 278 g/mol. The van der Waals surface area contributed by atoms with Crippen molar-refractivity contribution < 1.29 is 29.3 Å². The van der Waals surface area contributed by atoms with Gasteiger partial charge in [0.15, 0.2) is 17.5 Å². The molecule has 0 saturated heterocycles. The Balaban J connectivity index is 2.76. The van der Waals surface area contributed by atoms with Gasteiger partial charge in [-0.1, -0.05) is 6.07 Å². The van der Waals surface area contributed by atoms with Crippen molar-refractivity contribution in [3.05, 3.63) is 29.8 Å². The Morgan fingerprint density at radius 1 is 1.29 bits per heavy atom. The second-order valence-corrected chi connectivity index (χ2v) is 4.03. The molecular formula is C14H17NO6. The number of aliphatic hydroxyl groups excluding tert-OH is 1. The Hall–Kier alpha value is -2.54. The molecule has 0 spiro atoms. The minimum Gasteiger partial charge on any atom is -0.493 e. The largest absolute Gasteiger partial charge is 0.493 e. The SMILES string of the molecule is COc1ccc(C=CC(=O)N[C@@H](CO)C(=O)O)cc1OC. The molecule has 0 aromatic heterocycles. The van der Waals surface area contributed by atoms with Gasteiger partial charge in [0, 0.05) is 6.08 Å². The van der Waals surface area contributed by atoms with Crippen LogP contribution in [0.3, 0.4) is 0 Å². The van der Waals surface area contributed by atoms with E-state index in [-0.39, 0.29) is 0 Å². The number of nitrogens with one attached hydrogen (secondary N) is 1. The third-order valence-corrected chi connectivity index (χ3v) is 2.63. The van der Waals surface area contributed by atoms with E-state index in [9.17, 15) is 9.59 Å². The van der Waals surface area contributed by atoms with Crippen molar-refractivity contribution in [3.63, 3.8) is 0 Å². The lowest BCUT2D eigenvalue weighted by molar-refractivity contribution is -0.142. The van der Waals surface area contributed by atoms with Crippen molar-refractivity contribution in [1.82, 2.24) is 5.32 Å². The summed E-state index contributed by atoms with van der Waals surface area (Å²) in [5.74, 6) is -0.847. The molecule has 7 heteroatoms. The van der Waals surface area contributed by atoms with E-state index in [4.69, 9.17) is 19.7 Å². The lowest BCUT2D eigenvalue weighted by atomic mass is 10.2. The van der Waals surface area contributed by atoms with Crippen molar-refractivity contribution in [3.8, 4) is 11.5 Å². The van der Waals surface area contributed by atoms with Gasteiger partial charge >= 0.3 is 5.97 Å². The van der Waals surface area contributed by atoms with E-state index >= 15 is 0 Å². The van der Waals surface area contributed by atoms with E-state index in [1.165, 1.54) is 26.4 Å². The minimum absolute atomic E-state index is 0.513. The molecule has 7 nitrogen and oxygen atoms in total. The number of aliphatic carboxylic acids is 1. The molecule has 1 atom stereocenters. The highest BCUT2D eigenvalue weighted by atomic mass is 16.5. The van der Waals surface area contributed by atoms with Gasteiger partial charge in [-0.25, -0.2) is 4.79 Å². The summed E-state index contributed by atoms with van der Waals surface area (Å²) in [6.45, 7) is -0.675. The Kier molecular flexibility index (Phi) is 6.22. The summed E-state index contributed by atoms with van der Waals surface area (Å²) in [4.78, 5) is 22.2. The van der Waals surface area contributed by atoms with Gasteiger partial charge in [0.05, 0.1) is 20.8 Å². The number of ether oxygens (including phenoxy) is 2. The molecule has 21 heavy (non-hydrogen) atoms. The predicted molar refractivity (Wildman–Crippen MR) is 75.2 cm³/mol. The smallest absolute Gasteiger partial charge is 0.328 e. The summed E-state index contributed by atoms with van der Waals surface area (Å²) in [6.07, 6.45) is 2.67. The maximum Gasteiger partial charge on any atom is 0.328 e. The van der Waals surface area contributed by atoms with E-state index in [1.807, 2.05) is 0 Å². The highest BCUT2D eigenvalue weighted by Gasteiger charge is 2.17. The third-order valence-electron chi connectivity index (χ3n) is 2.63. The van der Waals surface area contributed by atoms with Gasteiger partial charge in [-0.3, -0.25) is 4.79 Å². The fraction of sp³-hybridized carbons (Fsp3) is 0.286. The zero-order chi connectivity index (χ0) is 15.8. The van der Waals surface area contributed by atoms with Gasteiger partial charge < -0.3 is 25.0 Å². The molecule has 0 saturated carbocycles. The van der Waals surface area contributed by atoms with Crippen LogP contribution in [0.2, 0.25) is 0 Å². The average Bonchev–Trinajstić information content (AvgIpc) is 2.49. The molecule has 0 aliphatic rings. The molecule has 0 bridgehead atoms. The summed E-state index contributed by atoms with van der Waals surface area (Å²) in [5.41, 5.74) is 0.679. The van der Waals surface area contributed by atoms with Crippen molar-refractivity contribution in [1.29, 1.82) is 0 Å². The Bertz CT molecular complexity index is 540. The number of carboxylic acid groups (broad SMARTS) is 1. The average molecular weight is 295 g/mol. The monoisotopic (exact) mass is 295 g/mol. The number of rotatable bonds is 7. The fourth-order valence-electron chi connectivity index (χ4n) is 1.53. The molecule has 3 N–H and O–H groups in total. The number of carbonyl (C=O) groups excluding carboxylic acids is 1. The Morgan fingerprint density at radius 3 is 2.48 bits per heavy atom. The van der Waals surface area contributed by atoms with Gasteiger partial charge in [-0.15, -0.1) is 0 Å². The number of carboxylic acids is 1. The highest BCUT2D eigenvalue weighted by Crippen LogP contribution is 2.27. The topological polar surface area (TPSA) is 105 Å². The van der Waals surface area contributed by atoms with Crippen LogP contribution in [0.4, 0.5) is 0 Å². The number of methoxy groups -OCH3 is 2. The van der Waals surface area contributed by atoms with Crippen molar-refractivity contribution in [2.45, 2.75) is 6.04 Å². The molecule has 114 valence electrons. The van der Waals surface area contributed by atoms with E-state index in [0.717, 1.165) is 0 Å². The quantitative estimate of drug-likeness (QED) is 0.624. The summed E-state index contributed by atoms with van der Waals surface area (Å²) in [7, 11) is 3.01. The summed E-state index contributed by atoms with van der Waals surface area (Å²) in [5, 5.41) is 19.7. The second-order valence-electron chi connectivity index (χ2n) is 4.03. The van der Waals surface area contributed by atoms with Crippen LogP contribution in [-0.2, 0) is 9.59 Å². The number of aliphatic hydroxyl groups is 1. The zero-order valence-electron chi connectivity index (χ0n) is 11.7. The number of carbonyl (C=O) groups is 2. The molecule has 0 unspecified atom stereocenters. The van der Waals surface area contributed by atoms with Crippen LogP contribution in [0.5, 0.6) is 11.5 Å². The van der Waals surface area contributed by atoms with Gasteiger partial charge in [-0.2, -0.15) is 0 Å². The first-order chi connectivity index (χ1) is 10.0. The molecule has 1 aromatic carbocycles. The summed E-state index contributed by atoms with van der Waals surface area (Å²) >= 11 is 0. The Labute approximate surface area is 121 Å². The summed E-state index contributed by atoms with van der Waals surface area (Å²) in [6, 6.07) is 3.74. The molecule has 0 aliphatic carbocycles. The molecule has 1 aromatic rings. The number of hydrogen-bond donors (Lipinski definition) is 3. The van der Waals surface area contributed by atoms with Gasteiger partial charge in [0.2, 0.25) is 5.91 Å². The predicted octanol–water partition coefficient (Wildman–Crippen LogP) is 0.279. The second kappa shape index (κ2) is 7.91. The molecule has 1 amide bonds. The lowest BCUT2D eigenvalue weighted by Gasteiger charge is -2.09. The van der Waals surface area contributed by atoms with Gasteiger partial charge in [-0.05, 0) is 23.8 Å². The molecule has 0 fully saturated rings. The van der Waals surface area contributed by atoms with Crippen LogP contribution < -0.4 is 14.8 Å². The molecule has 0 aliphatic heterocycles. The first kappa shape index (κ1) is 16.5. The van der Waals surface area contributed by atoms with Crippen LogP contribution in [0.25, 0.3) is 6.08 Å². The third kappa shape index (κ3) is 4.81. The Morgan fingerprint density at radius 2 is 1.95 bits per heavy atom. The normalized spacial score (nSPS) is 12.0. The standard InChI is InChI=1S/C14H17NO6/c1-20-11-5-3-9(7-12(11)21-2)4-6-13(17)15-10(8-16)14(18)19/h3-7,10,16H,8H2,1-2H3,(H,15,17)(H,18,19)/t10-/m0/s1. The molecule has 0 heterocycles. The van der Waals surface area contributed by atoms with Crippen molar-refractivity contribution >= 4 is 18.0 Å². The van der Waals surface area contributed by atoms with Crippen LogP contribution in [0.1, 0.15) is 5.56 Å². The molecule has 1 rings (SSSR count). The lowest BCUT2D eigenvalue weighted by Crippen LogP contribution is -2.42. The fourth-order valence-corrected chi connectivity index (χ4v) is 1.53. The number of hydrogen-bond acceptors (Lipinski definition) is 5. The number of benzene rings is 1. The van der Waals surface area contributed by atoms with Gasteiger partial charge in [0.1, 0.15) is 0 Å². The van der Waals surface area contributed by atoms with Gasteiger partial charge in [0.25, 0.3) is 0 Å². The first-order valence-corrected chi connectivity index (χ1v) is 6.06. The minimum atomic E-state index is -1.33. The van der Waals surface area contributed by atoms with Crippen LogP contribution in [-0.4, -0.2) is 49.0 Å². The highest BCUT2D eigenvalue weighted by molar-refractivity contribution is 5.94. The maximum atomic E-state index is 11.5. The van der Waals surface area contributed by atoms with Crippen molar-refractivity contribution in [2.75, 3.05) is 20.8 Å². The molecule has 0 radical (unpaired) electrons. The van der Waals surface area contributed by atoms with Crippen LogP contribution in [0.15, 0.2) is 24.3 Å². The van der Waals surface area contributed by atoms with E-state index in [0.29, 0.717) is 17.1 Å².